The van der Waals surface area contributed by atoms with E-state index in [1.165, 1.54) is 12.1 Å². The zero-order valence-electron chi connectivity index (χ0n) is 23.4. The second kappa shape index (κ2) is 12.9. The van der Waals surface area contributed by atoms with E-state index in [9.17, 15) is 13.0 Å². The fraction of sp³-hybridized carbons (Fsp3) is 0.0571. The minimum atomic E-state index is -4.33. The van der Waals surface area contributed by atoms with Gasteiger partial charge in [-0.15, -0.1) is 0 Å². The van der Waals surface area contributed by atoms with Crippen molar-refractivity contribution in [3.8, 4) is 45.7 Å². The van der Waals surface area contributed by atoms with E-state index in [1.807, 2.05) is 109 Å². The van der Waals surface area contributed by atoms with Gasteiger partial charge in [-0.25, -0.2) is 15.0 Å². The predicted molar refractivity (Wildman–Crippen MR) is 167 cm³/mol. The Morgan fingerprint density at radius 2 is 0.818 bits per heavy atom. The van der Waals surface area contributed by atoms with E-state index in [0.29, 0.717) is 47.7 Å². The third kappa shape index (κ3) is 7.15. The zero-order chi connectivity index (χ0) is 30.4. The van der Waals surface area contributed by atoms with Crippen LogP contribution in [-0.2, 0) is 23.3 Å². The van der Waals surface area contributed by atoms with Crippen LogP contribution in [0, 0.1) is 0 Å². The summed E-state index contributed by atoms with van der Waals surface area (Å²) in [5.74, 6) is 2.63. The van der Waals surface area contributed by atoms with Gasteiger partial charge >= 0.3 is 0 Å². The number of benzene rings is 5. The lowest BCUT2D eigenvalue weighted by Crippen LogP contribution is -2.01. The number of aromatic nitrogens is 3. The average molecular weight is 602 g/mol. The molecule has 0 radical (unpaired) electrons. The molecule has 0 aliphatic rings. The molecule has 0 saturated heterocycles. The molecule has 0 amide bonds. The van der Waals surface area contributed by atoms with Gasteiger partial charge in [-0.2, -0.15) is 8.42 Å². The summed E-state index contributed by atoms with van der Waals surface area (Å²) in [6.07, 6.45) is 0. The molecule has 1 heterocycles. The molecule has 0 bridgehead atoms. The van der Waals surface area contributed by atoms with Gasteiger partial charge in [0.2, 0.25) is 0 Å². The van der Waals surface area contributed by atoms with Gasteiger partial charge in [0.15, 0.2) is 17.5 Å². The molecule has 0 unspecified atom stereocenters. The maximum Gasteiger partial charge on any atom is 0.294 e. The van der Waals surface area contributed by atoms with Gasteiger partial charge in [-0.3, -0.25) is 4.55 Å². The van der Waals surface area contributed by atoms with Crippen LogP contribution in [0.3, 0.4) is 0 Å². The standard InChI is InChI=1S/C35H27N3O5S/c39-44(40,41)32-21-15-29(16-22-32)35-37-33(27-11-17-30(18-12-27)42-23-25-7-3-1-4-8-25)36-34(38-35)28-13-19-31(20-14-28)43-24-26-9-5-2-6-10-26/h1-22H,23-24H2,(H,39,40,41). The maximum absolute atomic E-state index is 11.6. The highest BCUT2D eigenvalue weighted by atomic mass is 32.2. The van der Waals surface area contributed by atoms with Crippen LogP contribution in [0.1, 0.15) is 11.1 Å². The maximum atomic E-state index is 11.6. The third-order valence-corrected chi connectivity index (χ3v) is 7.64. The fourth-order valence-corrected chi connectivity index (χ4v) is 4.90. The molecule has 8 nitrogen and oxygen atoms in total. The van der Waals surface area contributed by atoms with Crippen molar-refractivity contribution in [1.29, 1.82) is 0 Å². The Hall–Kier alpha value is -5.38. The van der Waals surface area contributed by atoms with Crippen molar-refractivity contribution in [3.05, 3.63) is 145 Å². The number of nitrogens with zero attached hydrogens (tertiary/aromatic N) is 3. The first-order valence-electron chi connectivity index (χ1n) is 13.8. The fourth-order valence-electron chi connectivity index (χ4n) is 4.42. The Labute approximate surface area is 255 Å². The van der Waals surface area contributed by atoms with Crippen molar-refractivity contribution in [2.75, 3.05) is 0 Å². The molecule has 44 heavy (non-hydrogen) atoms. The molecule has 0 saturated carbocycles. The molecule has 6 aromatic rings. The summed E-state index contributed by atoms with van der Waals surface area (Å²) in [6.45, 7) is 0.899. The highest BCUT2D eigenvalue weighted by molar-refractivity contribution is 7.85. The molecule has 0 aliphatic heterocycles. The van der Waals surface area contributed by atoms with Gasteiger partial charge in [-0.05, 0) is 83.9 Å². The van der Waals surface area contributed by atoms with Crippen LogP contribution in [0.2, 0.25) is 0 Å². The second-order valence-corrected chi connectivity index (χ2v) is 11.3. The summed E-state index contributed by atoms with van der Waals surface area (Å²) in [5.41, 5.74) is 4.20. The van der Waals surface area contributed by atoms with Crippen LogP contribution >= 0.6 is 0 Å². The second-order valence-electron chi connectivity index (χ2n) is 9.90. The number of hydrogen-bond acceptors (Lipinski definition) is 7. The van der Waals surface area contributed by atoms with E-state index >= 15 is 0 Å². The molecule has 218 valence electrons. The molecule has 0 atom stereocenters. The first-order valence-corrected chi connectivity index (χ1v) is 15.2. The summed E-state index contributed by atoms with van der Waals surface area (Å²) in [6, 6.07) is 40.5. The lowest BCUT2D eigenvalue weighted by molar-refractivity contribution is 0.306. The lowest BCUT2D eigenvalue weighted by atomic mass is 10.1. The van der Waals surface area contributed by atoms with Crippen LogP contribution in [0.4, 0.5) is 0 Å². The van der Waals surface area contributed by atoms with Crippen LogP contribution < -0.4 is 9.47 Å². The van der Waals surface area contributed by atoms with Gasteiger partial charge in [0.05, 0.1) is 4.90 Å². The Morgan fingerprint density at radius 3 is 1.16 bits per heavy atom. The van der Waals surface area contributed by atoms with Crippen molar-refractivity contribution in [2.24, 2.45) is 0 Å². The van der Waals surface area contributed by atoms with Gasteiger partial charge < -0.3 is 9.47 Å². The van der Waals surface area contributed by atoms with E-state index in [-0.39, 0.29) is 4.90 Å². The molecule has 0 aliphatic carbocycles. The van der Waals surface area contributed by atoms with Crippen molar-refractivity contribution in [3.63, 3.8) is 0 Å². The van der Waals surface area contributed by atoms with E-state index in [2.05, 4.69) is 0 Å². The van der Waals surface area contributed by atoms with Crippen molar-refractivity contribution in [2.45, 2.75) is 18.1 Å². The van der Waals surface area contributed by atoms with Crippen LogP contribution in [0.5, 0.6) is 11.5 Å². The van der Waals surface area contributed by atoms with E-state index in [4.69, 9.17) is 24.4 Å². The molecule has 1 N–H and O–H groups in total. The monoisotopic (exact) mass is 601 g/mol. The van der Waals surface area contributed by atoms with Crippen molar-refractivity contribution in [1.82, 2.24) is 15.0 Å². The van der Waals surface area contributed by atoms with E-state index in [1.54, 1.807) is 12.1 Å². The van der Waals surface area contributed by atoms with E-state index < -0.39 is 10.1 Å². The molecule has 5 aromatic carbocycles. The minimum Gasteiger partial charge on any atom is -0.489 e. The average Bonchev–Trinajstić information content (AvgIpc) is 3.07. The SMILES string of the molecule is O=S(=O)(O)c1ccc(-c2nc(-c3ccc(OCc4ccccc4)cc3)nc(-c3ccc(OCc4ccccc4)cc3)n2)cc1. The van der Waals surface area contributed by atoms with E-state index in [0.717, 1.165) is 22.3 Å². The summed E-state index contributed by atoms with van der Waals surface area (Å²) in [5, 5.41) is 0. The minimum absolute atomic E-state index is 0.215. The molecular formula is C35H27N3O5S. The van der Waals surface area contributed by atoms with Crippen LogP contribution in [-0.4, -0.2) is 27.9 Å². The molecule has 0 fully saturated rings. The largest absolute Gasteiger partial charge is 0.489 e. The molecular weight excluding hydrogens is 574 g/mol. The highest BCUT2D eigenvalue weighted by Gasteiger charge is 2.15. The highest BCUT2D eigenvalue weighted by Crippen LogP contribution is 2.28. The summed E-state index contributed by atoms with van der Waals surface area (Å²) < 4.78 is 44.4. The summed E-state index contributed by atoms with van der Waals surface area (Å²) >= 11 is 0. The van der Waals surface area contributed by atoms with Crippen LogP contribution in [0.15, 0.2) is 138 Å². The van der Waals surface area contributed by atoms with Crippen LogP contribution in [0.25, 0.3) is 34.2 Å². The number of hydrogen-bond donors (Lipinski definition) is 1. The number of rotatable bonds is 10. The van der Waals surface area contributed by atoms with Crippen molar-refractivity contribution >= 4 is 10.1 Å². The van der Waals surface area contributed by atoms with Gasteiger partial charge in [0, 0.05) is 16.7 Å². The Bertz CT molecular complexity index is 1850. The molecule has 1 aromatic heterocycles. The first kappa shape index (κ1) is 28.7. The Kier molecular flexibility index (Phi) is 8.40. The Morgan fingerprint density at radius 1 is 0.477 bits per heavy atom. The van der Waals surface area contributed by atoms with Gasteiger partial charge in [0.1, 0.15) is 24.7 Å². The number of ether oxygens (including phenoxy) is 2. The molecule has 6 rings (SSSR count). The molecule has 0 spiro atoms. The van der Waals surface area contributed by atoms with Gasteiger partial charge in [0.25, 0.3) is 10.1 Å². The zero-order valence-corrected chi connectivity index (χ0v) is 24.3. The first-order chi connectivity index (χ1) is 21.4. The van der Waals surface area contributed by atoms with Gasteiger partial charge in [-0.1, -0.05) is 60.7 Å². The molecule has 9 heteroatoms. The van der Waals surface area contributed by atoms with Crippen molar-refractivity contribution < 1.29 is 22.4 Å². The summed E-state index contributed by atoms with van der Waals surface area (Å²) in [7, 11) is -4.33. The quantitative estimate of drug-likeness (QED) is 0.163. The Balaban J connectivity index is 1.29. The summed E-state index contributed by atoms with van der Waals surface area (Å²) in [4.78, 5) is 13.9. The third-order valence-electron chi connectivity index (χ3n) is 6.77. The predicted octanol–water partition coefficient (Wildman–Crippen LogP) is 7.28. The normalized spacial score (nSPS) is 11.2. The smallest absolute Gasteiger partial charge is 0.294 e. The topological polar surface area (TPSA) is 112 Å². The lowest BCUT2D eigenvalue weighted by Gasteiger charge is -2.11.